The molecule has 7 nitrogen and oxygen atoms in total. The van der Waals surface area contributed by atoms with E-state index in [1.807, 2.05) is 24.0 Å². The standard InChI is InChI=1S/C20H24N4O3/c1-3-14-18(12(2)27-23-14)20(26)24-11-5-4-6-17(24)16-8-7-13-15(22-16)9-10-21-19(13)25/h7-8,17H,3-6,9-11H2,1-2H3,(H,21,25). The van der Waals surface area contributed by atoms with Crippen molar-refractivity contribution in [2.45, 2.75) is 52.0 Å². The number of carbonyl (C=O) groups excluding carboxylic acids is 2. The molecule has 2 amide bonds. The molecular formula is C20H24N4O3. The molecule has 2 aliphatic heterocycles. The number of rotatable bonds is 3. The predicted molar refractivity (Wildman–Crippen MR) is 98.5 cm³/mol. The first kappa shape index (κ1) is 17.7. The number of hydrogen-bond donors (Lipinski definition) is 1. The molecule has 27 heavy (non-hydrogen) atoms. The van der Waals surface area contributed by atoms with Crippen molar-refractivity contribution in [1.82, 2.24) is 20.4 Å². The molecule has 4 heterocycles. The number of likely N-dealkylation sites (tertiary alicyclic amines) is 1. The van der Waals surface area contributed by atoms with E-state index in [0.29, 0.717) is 42.1 Å². The number of aromatic nitrogens is 2. The van der Waals surface area contributed by atoms with Crippen molar-refractivity contribution in [3.63, 3.8) is 0 Å². The zero-order chi connectivity index (χ0) is 19.0. The second-order valence-electron chi connectivity index (χ2n) is 7.16. The molecule has 142 valence electrons. The minimum absolute atomic E-state index is 0.0347. The summed E-state index contributed by atoms with van der Waals surface area (Å²) in [4.78, 5) is 32.0. The molecule has 2 aliphatic rings. The van der Waals surface area contributed by atoms with Crippen LogP contribution < -0.4 is 5.32 Å². The Balaban J connectivity index is 1.68. The van der Waals surface area contributed by atoms with E-state index in [9.17, 15) is 9.59 Å². The summed E-state index contributed by atoms with van der Waals surface area (Å²) in [7, 11) is 0. The van der Waals surface area contributed by atoms with Crippen molar-refractivity contribution in [2.75, 3.05) is 13.1 Å². The molecular weight excluding hydrogens is 344 g/mol. The van der Waals surface area contributed by atoms with Crippen LogP contribution >= 0.6 is 0 Å². The molecule has 0 aromatic carbocycles. The van der Waals surface area contributed by atoms with Crippen molar-refractivity contribution >= 4 is 11.8 Å². The van der Waals surface area contributed by atoms with Crippen LogP contribution in [0.5, 0.6) is 0 Å². The highest BCUT2D eigenvalue weighted by atomic mass is 16.5. The van der Waals surface area contributed by atoms with Crippen LogP contribution in [-0.2, 0) is 12.8 Å². The maximum atomic E-state index is 13.3. The van der Waals surface area contributed by atoms with Gasteiger partial charge in [-0.2, -0.15) is 0 Å². The summed E-state index contributed by atoms with van der Waals surface area (Å²) in [5.41, 5.74) is 3.62. The molecule has 1 N–H and O–H groups in total. The molecule has 1 saturated heterocycles. The molecule has 2 aromatic heterocycles. The van der Waals surface area contributed by atoms with E-state index in [1.165, 1.54) is 0 Å². The first-order valence-electron chi connectivity index (χ1n) is 9.64. The van der Waals surface area contributed by atoms with Crippen molar-refractivity contribution in [2.24, 2.45) is 0 Å². The third-order valence-electron chi connectivity index (χ3n) is 5.47. The second kappa shape index (κ2) is 7.13. The lowest BCUT2D eigenvalue weighted by atomic mass is 9.95. The Hall–Kier alpha value is -2.70. The Labute approximate surface area is 158 Å². The SMILES string of the molecule is CCc1noc(C)c1C(=O)N1CCCCC1c1ccc2c(n1)CCNC2=O. The molecule has 7 heteroatoms. The van der Waals surface area contributed by atoms with Gasteiger partial charge in [-0.05, 0) is 44.7 Å². The van der Waals surface area contributed by atoms with Gasteiger partial charge in [-0.25, -0.2) is 0 Å². The molecule has 0 aliphatic carbocycles. The monoisotopic (exact) mass is 368 g/mol. The van der Waals surface area contributed by atoms with Crippen molar-refractivity contribution in [1.29, 1.82) is 0 Å². The fourth-order valence-electron chi connectivity index (χ4n) is 4.05. The largest absolute Gasteiger partial charge is 0.361 e. The van der Waals surface area contributed by atoms with Gasteiger partial charge in [0, 0.05) is 19.5 Å². The highest BCUT2D eigenvalue weighted by Crippen LogP contribution is 2.33. The van der Waals surface area contributed by atoms with Crippen LogP contribution in [0, 0.1) is 6.92 Å². The highest BCUT2D eigenvalue weighted by Gasteiger charge is 2.33. The van der Waals surface area contributed by atoms with Crippen LogP contribution in [0.1, 0.15) is 75.8 Å². The van der Waals surface area contributed by atoms with Crippen molar-refractivity contribution < 1.29 is 14.1 Å². The number of carbonyl (C=O) groups is 2. The number of nitrogens with one attached hydrogen (secondary N) is 1. The quantitative estimate of drug-likeness (QED) is 0.900. The van der Waals surface area contributed by atoms with E-state index >= 15 is 0 Å². The summed E-state index contributed by atoms with van der Waals surface area (Å²) >= 11 is 0. The second-order valence-corrected chi connectivity index (χ2v) is 7.16. The maximum absolute atomic E-state index is 13.3. The minimum atomic E-state index is -0.0828. The smallest absolute Gasteiger partial charge is 0.259 e. The average molecular weight is 368 g/mol. The van der Waals surface area contributed by atoms with Gasteiger partial charge in [0.15, 0.2) is 0 Å². The molecule has 0 radical (unpaired) electrons. The van der Waals surface area contributed by atoms with Gasteiger partial charge in [-0.1, -0.05) is 12.1 Å². The summed E-state index contributed by atoms with van der Waals surface area (Å²) in [6.45, 7) is 5.05. The van der Waals surface area contributed by atoms with Gasteiger partial charge in [-0.3, -0.25) is 14.6 Å². The number of amides is 2. The number of aryl methyl sites for hydroxylation is 2. The number of fused-ring (bicyclic) bond motifs is 1. The zero-order valence-electron chi connectivity index (χ0n) is 15.7. The van der Waals surface area contributed by atoms with E-state index in [0.717, 1.165) is 37.1 Å². The predicted octanol–water partition coefficient (Wildman–Crippen LogP) is 2.59. The van der Waals surface area contributed by atoms with E-state index in [1.54, 1.807) is 6.92 Å². The zero-order valence-corrected chi connectivity index (χ0v) is 15.7. The number of nitrogens with zero attached hydrogens (tertiary/aromatic N) is 3. The van der Waals surface area contributed by atoms with Gasteiger partial charge in [0.05, 0.1) is 28.7 Å². The number of piperidine rings is 1. The normalized spacial score (nSPS) is 19.6. The summed E-state index contributed by atoms with van der Waals surface area (Å²) < 4.78 is 5.27. The molecule has 1 unspecified atom stereocenters. The van der Waals surface area contributed by atoms with E-state index < -0.39 is 0 Å². The van der Waals surface area contributed by atoms with E-state index in [4.69, 9.17) is 9.51 Å². The minimum Gasteiger partial charge on any atom is -0.361 e. The van der Waals surface area contributed by atoms with Gasteiger partial charge in [0.25, 0.3) is 11.8 Å². The van der Waals surface area contributed by atoms with Crippen molar-refractivity contribution in [3.05, 3.63) is 46.1 Å². The van der Waals surface area contributed by atoms with E-state index in [-0.39, 0.29) is 17.9 Å². The Morgan fingerprint density at radius 1 is 1.37 bits per heavy atom. The highest BCUT2D eigenvalue weighted by molar-refractivity contribution is 5.97. The number of pyridine rings is 1. The average Bonchev–Trinajstić information content (AvgIpc) is 3.08. The van der Waals surface area contributed by atoms with Gasteiger partial charge in [0.2, 0.25) is 0 Å². The topological polar surface area (TPSA) is 88.3 Å². The Morgan fingerprint density at radius 3 is 3.04 bits per heavy atom. The van der Waals surface area contributed by atoms with Crippen LogP contribution in [-0.4, -0.2) is 39.9 Å². The third kappa shape index (κ3) is 3.11. The molecule has 0 bridgehead atoms. The summed E-state index contributed by atoms with van der Waals surface area (Å²) in [6, 6.07) is 3.65. The number of hydrogen-bond acceptors (Lipinski definition) is 5. The molecule has 1 fully saturated rings. The molecule has 0 spiro atoms. The third-order valence-corrected chi connectivity index (χ3v) is 5.47. The van der Waals surface area contributed by atoms with Crippen LogP contribution in [0.2, 0.25) is 0 Å². The molecule has 1 atom stereocenters. The van der Waals surface area contributed by atoms with Gasteiger partial charge in [0.1, 0.15) is 11.3 Å². The maximum Gasteiger partial charge on any atom is 0.259 e. The lowest BCUT2D eigenvalue weighted by Gasteiger charge is -2.36. The summed E-state index contributed by atoms with van der Waals surface area (Å²) in [5.74, 6) is 0.461. The van der Waals surface area contributed by atoms with Crippen LogP contribution in [0.25, 0.3) is 0 Å². The van der Waals surface area contributed by atoms with Crippen LogP contribution in [0.3, 0.4) is 0 Å². The Morgan fingerprint density at radius 2 is 2.22 bits per heavy atom. The lowest BCUT2D eigenvalue weighted by molar-refractivity contribution is 0.0602. The van der Waals surface area contributed by atoms with Gasteiger partial charge in [-0.15, -0.1) is 0 Å². The molecule has 2 aromatic rings. The van der Waals surface area contributed by atoms with Crippen LogP contribution in [0.15, 0.2) is 16.7 Å². The Kier molecular flexibility index (Phi) is 4.68. The van der Waals surface area contributed by atoms with Crippen LogP contribution in [0.4, 0.5) is 0 Å². The fourth-order valence-corrected chi connectivity index (χ4v) is 4.05. The molecule has 0 saturated carbocycles. The Bertz CT molecular complexity index is 889. The van der Waals surface area contributed by atoms with Gasteiger partial charge < -0.3 is 14.7 Å². The first-order chi connectivity index (χ1) is 13.1. The van der Waals surface area contributed by atoms with E-state index in [2.05, 4.69) is 10.5 Å². The summed E-state index contributed by atoms with van der Waals surface area (Å²) in [5, 5.41) is 6.87. The molecule has 4 rings (SSSR count). The summed E-state index contributed by atoms with van der Waals surface area (Å²) in [6.07, 6.45) is 4.28. The van der Waals surface area contributed by atoms with Crippen molar-refractivity contribution in [3.8, 4) is 0 Å². The van der Waals surface area contributed by atoms with Gasteiger partial charge >= 0.3 is 0 Å². The fraction of sp³-hybridized carbons (Fsp3) is 0.500. The lowest BCUT2D eigenvalue weighted by Crippen LogP contribution is -2.40. The first-order valence-corrected chi connectivity index (χ1v) is 9.64.